The molecule has 3 N–H and O–H groups in total. The van der Waals surface area contributed by atoms with Gasteiger partial charge in [0.2, 0.25) is 0 Å². The Morgan fingerprint density at radius 1 is 1.50 bits per heavy atom. The predicted molar refractivity (Wildman–Crippen MR) is 54.6 cm³/mol. The summed E-state index contributed by atoms with van der Waals surface area (Å²) in [5, 5.41) is 9.20. The molecule has 0 aliphatic rings. The highest BCUT2D eigenvalue weighted by Gasteiger charge is 2.24. The molecule has 0 radical (unpaired) electrons. The van der Waals surface area contributed by atoms with Crippen LogP contribution in [0.4, 0.5) is 4.39 Å². The number of aryl methyl sites for hydroxylation is 1. The molecule has 0 aliphatic carbocycles. The van der Waals surface area contributed by atoms with Gasteiger partial charge in [-0.25, -0.2) is 4.39 Å². The summed E-state index contributed by atoms with van der Waals surface area (Å²) in [5.74, 6) is -0.254. The number of hydrogen-bond acceptors (Lipinski definition) is 2. The first-order valence-electron chi connectivity index (χ1n) is 4.61. The number of halogens is 1. The Kier molecular flexibility index (Phi) is 3.24. The Bertz CT molecular complexity index is 321. The lowest BCUT2D eigenvalue weighted by Crippen LogP contribution is -2.35. The molecule has 0 amide bonds. The van der Waals surface area contributed by atoms with Crippen LogP contribution in [0.15, 0.2) is 18.2 Å². The summed E-state index contributed by atoms with van der Waals surface area (Å²) in [5.41, 5.74) is 6.35. The first-order valence-corrected chi connectivity index (χ1v) is 4.61. The van der Waals surface area contributed by atoms with E-state index in [1.807, 2.05) is 13.0 Å². The summed E-state index contributed by atoms with van der Waals surface area (Å²) in [4.78, 5) is 0. The van der Waals surface area contributed by atoms with Crippen LogP contribution in [0.1, 0.15) is 18.1 Å². The normalized spacial score (nSPS) is 15.2. The van der Waals surface area contributed by atoms with Crippen molar-refractivity contribution in [1.29, 1.82) is 0 Å². The van der Waals surface area contributed by atoms with E-state index in [4.69, 9.17) is 5.73 Å². The Balaban J connectivity index is 3.12. The van der Waals surface area contributed by atoms with E-state index in [1.165, 1.54) is 6.07 Å². The summed E-state index contributed by atoms with van der Waals surface area (Å²) >= 11 is 0. The monoisotopic (exact) mass is 197 g/mol. The van der Waals surface area contributed by atoms with Crippen LogP contribution >= 0.6 is 0 Å². The molecule has 1 atom stereocenters. The molecule has 14 heavy (non-hydrogen) atoms. The molecular formula is C11H16FNO. The fourth-order valence-electron chi connectivity index (χ4n) is 1.24. The van der Waals surface area contributed by atoms with Crippen molar-refractivity contribution >= 4 is 0 Å². The molecule has 0 aliphatic heterocycles. The van der Waals surface area contributed by atoms with Crippen LogP contribution in [-0.2, 0) is 5.41 Å². The largest absolute Gasteiger partial charge is 0.395 e. The highest BCUT2D eigenvalue weighted by Crippen LogP contribution is 2.23. The third-order valence-electron chi connectivity index (χ3n) is 2.67. The fourth-order valence-corrected chi connectivity index (χ4v) is 1.24. The van der Waals surface area contributed by atoms with Crippen molar-refractivity contribution in [3.63, 3.8) is 0 Å². The Labute approximate surface area is 83.6 Å². The van der Waals surface area contributed by atoms with Crippen molar-refractivity contribution < 1.29 is 9.50 Å². The molecule has 0 heterocycles. The average Bonchev–Trinajstić information content (AvgIpc) is 2.21. The maximum atomic E-state index is 13.3. The lowest BCUT2D eigenvalue weighted by atomic mass is 9.83. The smallest absolute Gasteiger partial charge is 0.126 e. The maximum absolute atomic E-state index is 13.3. The zero-order valence-corrected chi connectivity index (χ0v) is 8.55. The first kappa shape index (κ1) is 11.1. The third kappa shape index (κ3) is 1.94. The fraction of sp³-hybridized carbons (Fsp3) is 0.455. The Morgan fingerprint density at radius 2 is 2.14 bits per heavy atom. The van der Waals surface area contributed by atoms with Crippen LogP contribution in [0.25, 0.3) is 0 Å². The highest BCUT2D eigenvalue weighted by atomic mass is 19.1. The van der Waals surface area contributed by atoms with Crippen molar-refractivity contribution in [3.05, 3.63) is 35.1 Å². The first-order chi connectivity index (χ1) is 6.53. The molecule has 0 bridgehead atoms. The van der Waals surface area contributed by atoms with Gasteiger partial charge in [-0.3, -0.25) is 0 Å². The minimum atomic E-state index is -0.547. The summed E-state index contributed by atoms with van der Waals surface area (Å²) in [6.07, 6.45) is 0. The Hall–Kier alpha value is -0.930. The van der Waals surface area contributed by atoms with Gasteiger partial charge in [0.25, 0.3) is 0 Å². The second kappa shape index (κ2) is 4.07. The molecule has 0 spiro atoms. The number of rotatable bonds is 3. The van der Waals surface area contributed by atoms with Gasteiger partial charge in [-0.2, -0.15) is 0 Å². The topological polar surface area (TPSA) is 46.2 Å². The van der Waals surface area contributed by atoms with Gasteiger partial charge in [-0.05, 0) is 24.1 Å². The van der Waals surface area contributed by atoms with E-state index in [1.54, 1.807) is 13.0 Å². The van der Waals surface area contributed by atoms with Gasteiger partial charge < -0.3 is 10.8 Å². The summed E-state index contributed by atoms with van der Waals surface area (Å²) < 4.78 is 13.3. The van der Waals surface area contributed by atoms with Crippen LogP contribution < -0.4 is 5.73 Å². The van der Waals surface area contributed by atoms with E-state index in [9.17, 15) is 9.50 Å². The van der Waals surface area contributed by atoms with Crippen LogP contribution in [0, 0.1) is 12.7 Å². The van der Waals surface area contributed by atoms with E-state index in [-0.39, 0.29) is 12.4 Å². The van der Waals surface area contributed by atoms with Crippen molar-refractivity contribution in [2.75, 3.05) is 13.2 Å². The van der Waals surface area contributed by atoms with Gasteiger partial charge in [-0.15, -0.1) is 0 Å². The average molecular weight is 197 g/mol. The Morgan fingerprint density at radius 3 is 2.57 bits per heavy atom. The van der Waals surface area contributed by atoms with E-state index in [0.717, 1.165) is 5.56 Å². The molecule has 0 saturated heterocycles. The third-order valence-corrected chi connectivity index (χ3v) is 2.67. The molecule has 1 rings (SSSR count). The summed E-state index contributed by atoms with van der Waals surface area (Å²) in [6.45, 7) is 3.74. The minimum absolute atomic E-state index is 0.0774. The summed E-state index contributed by atoms with van der Waals surface area (Å²) in [7, 11) is 0. The van der Waals surface area contributed by atoms with E-state index < -0.39 is 5.41 Å². The van der Waals surface area contributed by atoms with Crippen molar-refractivity contribution in [3.8, 4) is 0 Å². The van der Waals surface area contributed by atoms with Gasteiger partial charge in [-0.1, -0.05) is 19.1 Å². The standard InChI is InChI=1S/C11H16FNO/c1-8-3-4-9(5-10(8)12)11(2,6-13)7-14/h3-5,14H,6-7,13H2,1-2H3. The van der Waals surface area contributed by atoms with E-state index >= 15 is 0 Å². The molecule has 3 heteroatoms. The molecule has 2 nitrogen and oxygen atoms in total. The molecular weight excluding hydrogens is 181 g/mol. The second-order valence-electron chi connectivity index (χ2n) is 3.89. The zero-order valence-electron chi connectivity index (χ0n) is 8.55. The summed E-state index contributed by atoms with van der Waals surface area (Å²) in [6, 6.07) is 4.95. The van der Waals surface area contributed by atoms with Gasteiger partial charge in [0.1, 0.15) is 5.82 Å². The number of hydrogen-bond donors (Lipinski definition) is 2. The van der Waals surface area contributed by atoms with Crippen LogP contribution in [0.5, 0.6) is 0 Å². The van der Waals surface area contributed by atoms with Crippen molar-refractivity contribution in [2.45, 2.75) is 19.3 Å². The molecule has 0 aromatic heterocycles. The van der Waals surface area contributed by atoms with Gasteiger partial charge >= 0.3 is 0 Å². The minimum Gasteiger partial charge on any atom is -0.395 e. The zero-order chi connectivity index (χ0) is 10.8. The van der Waals surface area contributed by atoms with Crippen molar-refractivity contribution in [2.24, 2.45) is 5.73 Å². The molecule has 1 aromatic rings. The van der Waals surface area contributed by atoms with E-state index in [2.05, 4.69) is 0 Å². The van der Waals surface area contributed by atoms with Crippen LogP contribution in [0.3, 0.4) is 0 Å². The van der Waals surface area contributed by atoms with Gasteiger partial charge in [0, 0.05) is 12.0 Å². The highest BCUT2D eigenvalue weighted by molar-refractivity contribution is 5.29. The van der Waals surface area contributed by atoms with Gasteiger partial charge in [0.05, 0.1) is 6.61 Å². The molecule has 78 valence electrons. The number of benzene rings is 1. The van der Waals surface area contributed by atoms with E-state index in [0.29, 0.717) is 12.1 Å². The van der Waals surface area contributed by atoms with Gasteiger partial charge in [0.15, 0.2) is 0 Å². The van der Waals surface area contributed by atoms with Crippen LogP contribution in [0.2, 0.25) is 0 Å². The second-order valence-corrected chi connectivity index (χ2v) is 3.89. The predicted octanol–water partition coefficient (Wildman–Crippen LogP) is 1.34. The number of aliphatic hydroxyl groups is 1. The quantitative estimate of drug-likeness (QED) is 0.768. The molecule has 0 saturated carbocycles. The number of aliphatic hydroxyl groups excluding tert-OH is 1. The molecule has 1 aromatic carbocycles. The van der Waals surface area contributed by atoms with Crippen LogP contribution in [-0.4, -0.2) is 18.3 Å². The molecule has 1 unspecified atom stereocenters. The SMILES string of the molecule is Cc1ccc(C(C)(CN)CO)cc1F. The van der Waals surface area contributed by atoms with Crippen molar-refractivity contribution in [1.82, 2.24) is 0 Å². The molecule has 0 fully saturated rings. The lowest BCUT2D eigenvalue weighted by molar-refractivity contribution is 0.210. The lowest BCUT2D eigenvalue weighted by Gasteiger charge is -2.26. The number of nitrogens with two attached hydrogens (primary N) is 1. The maximum Gasteiger partial charge on any atom is 0.126 e.